The van der Waals surface area contributed by atoms with Gasteiger partial charge in [-0.25, -0.2) is 9.97 Å². The Bertz CT molecular complexity index is 818. The van der Waals surface area contributed by atoms with E-state index in [0.29, 0.717) is 18.1 Å². The van der Waals surface area contributed by atoms with E-state index in [1.807, 2.05) is 44.2 Å². The van der Waals surface area contributed by atoms with Gasteiger partial charge in [0.05, 0.1) is 17.0 Å². The molecule has 1 amide bonds. The number of amides is 1. The average Bonchev–Trinajstić information content (AvgIpc) is 3.09. The van der Waals surface area contributed by atoms with Crippen molar-refractivity contribution >= 4 is 28.6 Å². The Hall–Kier alpha value is -2.34. The van der Waals surface area contributed by atoms with E-state index < -0.39 is 0 Å². The average molecular weight is 327 g/mol. The minimum atomic E-state index is -0.238. The summed E-state index contributed by atoms with van der Waals surface area (Å²) in [4.78, 5) is 21.2. The number of para-hydroxylation sites is 1. The van der Waals surface area contributed by atoms with Crippen LogP contribution in [0.5, 0.6) is 0 Å². The molecule has 3 rings (SSSR count). The quantitative estimate of drug-likeness (QED) is 0.574. The second-order valence-electron chi connectivity index (χ2n) is 5.00. The number of carbonyl (C=O) groups excluding carboxylic acids is 1. The van der Waals surface area contributed by atoms with Crippen LogP contribution < -0.4 is 5.32 Å². The number of carbonyl (C=O) groups is 1. The molecule has 118 valence electrons. The van der Waals surface area contributed by atoms with Crippen molar-refractivity contribution in [2.75, 3.05) is 6.54 Å². The van der Waals surface area contributed by atoms with E-state index in [1.165, 1.54) is 11.8 Å². The molecule has 0 aliphatic carbocycles. The molecule has 0 aliphatic heterocycles. The van der Waals surface area contributed by atoms with Crippen LogP contribution in [0.25, 0.3) is 22.5 Å². The van der Waals surface area contributed by atoms with E-state index in [9.17, 15) is 4.79 Å². The Labute approximate surface area is 138 Å². The van der Waals surface area contributed by atoms with Crippen molar-refractivity contribution in [1.29, 1.82) is 0 Å². The summed E-state index contributed by atoms with van der Waals surface area (Å²) in [6.07, 6.45) is 1.60. The first-order valence-electron chi connectivity index (χ1n) is 7.44. The molecule has 1 atom stereocenters. The van der Waals surface area contributed by atoms with Gasteiger partial charge in [-0.15, -0.1) is 0 Å². The van der Waals surface area contributed by atoms with Gasteiger partial charge in [0.2, 0.25) is 5.91 Å². The Balaban J connectivity index is 2.02. The molecule has 2 aromatic heterocycles. The second kappa shape index (κ2) is 6.83. The molecule has 3 aromatic rings. The van der Waals surface area contributed by atoms with Crippen LogP contribution in [0.15, 0.2) is 52.1 Å². The van der Waals surface area contributed by atoms with Crippen molar-refractivity contribution in [1.82, 2.24) is 15.3 Å². The van der Waals surface area contributed by atoms with Crippen molar-refractivity contribution in [3.63, 3.8) is 0 Å². The number of aromatic nitrogens is 2. The van der Waals surface area contributed by atoms with Crippen LogP contribution in [-0.4, -0.2) is 27.7 Å². The summed E-state index contributed by atoms with van der Waals surface area (Å²) in [6.45, 7) is 4.40. The molecule has 0 aliphatic rings. The van der Waals surface area contributed by atoms with Crippen molar-refractivity contribution in [2.24, 2.45) is 0 Å². The molecule has 0 radical (unpaired) electrons. The van der Waals surface area contributed by atoms with Crippen LogP contribution in [0, 0.1) is 0 Å². The fourth-order valence-corrected chi connectivity index (χ4v) is 3.16. The number of rotatable bonds is 5. The lowest BCUT2D eigenvalue weighted by Crippen LogP contribution is -2.30. The predicted octanol–water partition coefficient (Wildman–Crippen LogP) is 3.51. The van der Waals surface area contributed by atoms with Gasteiger partial charge in [-0.05, 0) is 32.0 Å². The number of nitrogens with zero attached hydrogens (tertiary/aromatic N) is 2. The number of thioether (sulfide) groups is 1. The van der Waals surface area contributed by atoms with Crippen LogP contribution >= 0.6 is 11.8 Å². The molecular weight excluding hydrogens is 310 g/mol. The number of hydrogen-bond donors (Lipinski definition) is 1. The first kappa shape index (κ1) is 15.6. The third-order valence-corrected chi connectivity index (χ3v) is 4.42. The minimum Gasteiger partial charge on any atom is -0.461 e. The molecule has 6 heteroatoms. The van der Waals surface area contributed by atoms with Gasteiger partial charge < -0.3 is 9.73 Å². The topological polar surface area (TPSA) is 68.0 Å². The Morgan fingerprint density at radius 1 is 1.26 bits per heavy atom. The molecule has 0 saturated carbocycles. The molecule has 5 nitrogen and oxygen atoms in total. The predicted molar refractivity (Wildman–Crippen MR) is 91.2 cm³/mol. The zero-order chi connectivity index (χ0) is 16.2. The van der Waals surface area contributed by atoms with Crippen LogP contribution in [0.3, 0.4) is 0 Å². The molecule has 2 heterocycles. The van der Waals surface area contributed by atoms with E-state index in [1.54, 1.807) is 12.3 Å². The van der Waals surface area contributed by atoms with Gasteiger partial charge in [0, 0.05) is 11.9 Å². The molecule has 0 saturated heterocycles. The summed E-state index contributed by atoms with van der Waals surface area (Å²) in [5, 5.41) is 4.31. The zero-order valence-corrected chi connectivity index (χ0v) is 13.8. The molecule has 1 N–H and O–H groups in total. The van der Waals surface area contributed by atoms with Gasteiger partial charge in [-0.2, -0.15) is 0 Å². The molecule has 0 bridgehead atoms. The number of benzene rings is 1. The van der Waals surface area contributed by atoms with Crippen molar-refractivity contribution in [3.05, 3.63) is 42.7 Å². The summed E-state index contributed by atoms with van der Waals surface area (Å²) in [5.74, 6) is 1.14. The Morgan fingerprint density at radius 3 is 2.83 bits per heavy atom. The standard InChI is InChI=1S/C17H17N3O2S/c1-3-18-16(21)11(2)23-17-12-7-4-5-8-13(12)19-15(20-17)14-9-6-10-22-14/h4-11H,3H2,1-2H3,(H,18,21)/t11-/m0/s1. The van der Waals surface area contributed by atoms with Crippen LogP contribution in [0.4, 0.5) is 0 Å². The number of furan rings is 1. The second-order valence-corrected chi connectivity index (χ2v) is 6.33. The summed E-state index contributed by atoms with van der Waals surface area (Å²) in [7, 11) is 0. The normalized spacial score (nSPS) is 12.3. The highest BCUT2D eigenvalue weighted by atomic mass is 32.2. The lowest BCUT2D eigenvalue weighted by atomic mass is 10.2. The highest BCUT2D eigenvalue weighted by Crippen LogP contribution is 2.31. The lowest BCUT2D eigenvalue weighted by molar-refractivity contribution is -0.120. The Morgan fingerprint density at radius 2 is 2.09 bits per heavy atom. The summed E-state index contributed by atoms with van der Waals surface area (Å²) >= 11 is 1.43. The van der Waals surface area contributed by atoms with E-state index in [-0.39, 0.29) is 11.2 Å². The maximum atomic E-state index is 12.0. The van der Waals surface area contributed by atoms with E-state index in [0.717, 1.165) is 15.9 Å². The van der Waals surface area contributed by atoms with E-state index in [2.05, 4.69) is 15.3 Å². The van der Waals surface area contributed by atoms with Gasteiger partial charge in [0.15, 0.2) is 11.6 Å². The fourth-order valence-electron chi connectivity index (χ4n) is 2.19. The lowest BCUT2D eigenvalue weighted by Gasteiger charge is -2.12. The minimum absolute atomic E-state index is 0.000239. The molecule has 0 spiro atoms. The van der Waals surface area contributed by atoms with Crippen molar-refractivity contribution in [3.8, 4) is 11.6 Å². The first-order valence-corrected chi connectivity index (χ1v) is 8.32. The largest absolute Gasteiger partial charge is 0.461 e. The smallest absolute Gasteiger partial charge is 0.233 e. The summed E-state index contributed by atoms with van der Waals surface area (Å²) < 4.78 is 5.40. The number of fused-ring (bicyclic) bond motifs is 1. The van der Waals surface area contributed by atoms with Gasteiger partial charge >= 0.3 is 0 Å². The molecule has 1 aromatic carbocycles. The van der Waals surface area contributed by atoms with Crippen molar-refractivity contribution < 1.29 is 9.21 Å². The van der Waals surface area contributed by atoms with Crippen molar-refractivity contribution in [2.45, 2.75) is 24.1 Å². The maximum Gasteiger partial charge on any atom is 0.233 e. The highest BCUT2D eigenvalue weighted by Gasteiger charge is 2.18. The van der Waals surface area contributed by atoms with Gasteiger partial charge in [0.25, 0.3) is 0 Å². The summed E-state index contributed by atoms with van der Waals surface area (Å²) in [5.41, 5.74) is 0.833. The third-order valence-electron chi connectivity index (χ3n) is 3.32. The van der Waals surface area contributed by atoms with Crippen LogP contribution in [0.1, 0.15) is 13.8 Å². The molecule has 0 fully saturated rings. The number of hydrogen-bond acceptors (Lipinski definition) is 5. The van der Waals surface area contributed by atoms with Crippen LogP contribution in [-0.2, 0) is 4.79 Å². The molecular formula is C17H17N3O2S. The molecule has 23 heavy (non-hydrogen) atoms. The number of nitrogens with one attached hydrogen (secondary N) is 1. The Kier molecular flexibility index (Phi) is 4.62. The van der Waals surface area contributed by atoms with E-state index in [4.69, 9.17) is 4.42 Å². The monoisotopic (exact) mass is 327 g/mol. The maximum absolute atomic E-state index is 12.0. The van der Waals surface area contributed by atoms with Gasteiger partial charge in [-0.3, -0.25) is 4.79 Å². The molecule has 0 unspecified atom stereocenters. The van der Waals surface area contributed by atoms with Gasteiger partial charge in [-0.1, -0.05) is 30.0 Å². The third kappa shape index (κ3) is 3.37. The highest BCUT2D eigenvalue weighted by molar-refractivity contribution is 8.00. The first-order chi connectivity index (χ1) is 11.2. The zero-order valence-electron chi connectivity index (χ0n) is 12.9. The SMILES string of the molecule is CCNC(=O)[C@H](C)Sc1nc(-c2ccco2)nc2ccccc12. The van der Waals surface area contributed by atoms with E-state index >= 15 is 0 Å². The fraction of sp³-hybridized carbons (Fsp3) is 0.235. The van der Waals surface area contributed by atoms with Gasteiger partial charge in [0.1, 0.15) is 5.03 Å². The summed E-state index contributed by atoms with van der Waals surface area (Å²) in [6, 6.07) is 11.4. The van der Waals surface area contributed by atoms with Crippen LogP contribution in [0.2, 0.25) is 0 Å².